The van der Waals surface area contributed by atoms with Gasteiger partial charge in [0.1, 0.15) is 0 Å². The number of carbonyl (C=O) groups is 1. The molecule has 6 heteroatoms. The first-order valence-electron chi connectivity index (χ1n) is 7.88. The molecule has 0 bridgehead atoms. The zero-order chi connectivity index (χ0) is 17.1. The van der Waals surface area contributed by atoms with E-state index < -0.39 is 0 Å². The number of rotatable bonds is 4. The van der Waals surface area contributed by atoms with Gasteiger partial charge in [-0.15, -0.1) is 10.2 Å². The first kappa shape index (κ1) is 15.0. The number of hydrogen-bond donors (Lipinski definition) is 1. The molecule has 0 saturated carbocycles. The highest BCUT2D eigenvalue weighted by molar-refractivity contribution is 5.94. The quantitative estimate of drug-likeness (QED) is 0.625. The standard InChI is InChI=1S/C19H15N5O/c25-19(21-11-14-5-2-1-3-6-14)16-8-9-17-22-23-18(24(17)13-16)15-7-4-10-20-12-15/h1-10,12-13H,11H2,(H,21,25). The van der Waals surface area contributed by atoms with Gasteiger partial charge in [0.05, 0.1) is 5.56 Å². The Balaban J connectivity index is 1.61. The van der Waals surface area contributed by atoms with Gasteiger partial charge in [-0.05, 0) is 29.8 Å². The van der Waals surface area contributed by atoms with Gasteiger partial charge >= 0.3 is 0 Å². The van der Waals surface area contributed by atoms with Gasteiger partial charge in [-0.1, -0.05) is 30.3 Å². The Kier molecular flexibility index (Phi) is 3.92. The lowest BCUT2D eigenvalue weighted by molar-refractivity contribution is 0.0950. The molecule has 0 unspecified atom stereocenters. The molecule has 0 saturated heterocycles. The molecule has 0 atom stereocenters. The number of benzene rings is 1. The van der Waals surface area contributed by atoms with Gasteiger partial charge in [0.15, 0.2) is 11.5 Å². The minimum Gasteiger partial charge on any atom is -0.348 e. The maximum absolute atomic E-state index is 12.5. The topological polar surface area (TPSA) is 72.2 Å². The number of fused-ring (bicyclic) bond motifs is 1. The van der Waals surface area contributed by atoms with E-state index in [-0.39, 0.29) is 5.91 Å². The molecule has 6 nitrogen and oxygen atoms in total. The molecule has 25 heavy (non-hydrogen) atoms. The third kappa shape index (κ3) is 3.10. The number of nitrogens with one attached hydrogen (secondary N) is 1. The molecule has 0 aliphatic carbocycles. The SMILES string of the molecule is O=C(NCc1ccccc1)c1ccc2nnc(-c3cccnc3)n2c1. The van der Waals surface area contributed by atoms with E-state index >= 15 is 0 Å². The molecule has 0 spiro atoms. The lowest BCUT2D eigenvalue weighted by atomic mass is 10.2. The Morgan fingerprint density at radius 1 is 1.00 bits per heavy atom. The molecule has 0 fully saturated rings. The van der Waals surface area contributed by atoms with Gasteiger partial charge < -0.3 is 5.32 Å². The van der Waals surface area contributed by atoms with Crippen LogP contribution in [0.1, 0.15) is 15.9 Å². The predicted molar refractivity (Wildman–Crippen MR) is 93.8 cm³/mol. The number of aromatic nitrogens is 4. The fraction of sp³-hybridized carbons (Fsp3) is 0.0526. The van der Waals surface area contributed by atoms with Crippen molar-refractivity contribution in [1.29, 1.82) is 0 Å². The summed E-state index contributed by atoms with van der Waals surface area (Å²) in [5, 5.41) is 11.3. The van der Waals surface area contributed by atoms with E-state index in [9.17, 15) is 4.79 Å². The second-order valence-corrected chi connectivity index (χ2v) is 5.58. The molecule has 1 aromatic carbocycles. The zero-order valence-electron chi connectivity index (χ0n) is 13.3. The van der Waals surface area contributed by atoms with Gasteiger partial charge in [0.2, 0.25) is 0 Å². The summed E-state index contributed by atoms with van der Waals surface area (Å²) in [4.78, 5) is 16.6. The van der Waals surface area contributed by atoms with E-state index in [1.807, 2.05) is 42.5 Å². The van der Waals surface area contributed by atoms with Crippen LogP contribution in [0, 0.1) is 0 Å². The number of pyridine rings is 2. The van der Waals surface area contributed by atoms with Crippen molar-refractivity contribution in [3.8, 4) is 11.4 Å². The summed E-state index contributed by atoms with van der Waals surface area (Å²) in [5.74, 6) is 0.511. The lowest BCUT2D eigenvalue weighted by Gasteiger charge is -2.06. The van der Waals surface area contributed by atoms with Crippen molar-refractivity contribution in [2.45, 2.75) is 6.54 Å². The fourth-order valence-corrected chi connectivity index (χ4v) is 2.60. The molecule has 1 N–H and O–H groups in total. The fourth-order valence-electron chi connectivity index (χ4n) is 2.60. The van der Waals surface area contributed by atoms with Crippen LogP contribution >= 0.6 is 0 Å². The Morgan fingerprint density at radius 2 is 1.88 bits per heavy atom. The molecular weight excluding hydrogens is 314 g/mol. The molecule has 3 heterocycles. The molecular formula is C19H15N5O. The van der Waals surface area contributed by atoms with Crippen LogP contribution in [0.25, 0.3) is 17.0 Å². The molecule has 0 aliphatic rings. The van der Waals surface area contributed by atoms with Crippen molar-refractivity contribution in [1.82, 2.24) is 24.9 Å². The van der Waals surface area contributed by atoms with E-state index in [1.54, 1.807) is 35.1 Å². The smallest absolute Gasteiger partial charge is 0.253 e. The monoisotopic (exact) mass is 329 g/mol. The van der Waals surface area contributed by atoms with Crippen molar-refractivity contribution in [2.75, 3.05) is 0 Å². The average molecular weight is 329 g/mol. The highest BCUT2D eigenvalue weighted by atomic mass is 16.1. The Labute approximate surface area is 144 Å². The van der Waals surface area contributed by atoms with Crippen LogP contribution < -0.4 is 5.32 Å². The number of amides is 1. The van der Waals surface area contributed by atoms with Gasteiger partial charge in [-0.3, -0.25) is 14.2 Å². The summed E-state index contributed by atoms with van der Waals surface area (Å²) in [7, 11) is 0. The number of hydrogen-bond acceptors (Lipinski definition) is 4. The van der Waals surface area contributed by atoms with Gasteiger partial charge in [0.25, 0.3) is 5.91 Å². The van der Waals surface area contributed by atoms with Crippen LogP contribution in [0.3, 0.4) is 0 Å². The van der Waals surface area contributed by atoms with Crippen LogP contribution in [0.5, 0.6) is 0 Å². The number of carbonyl (C=O) groups excluding carboxylic acids is 1. The summed E-state index contributed by atoms with van der Waals surface area (Å²) >= 11 is 0. The Morgan fingerprint density at radius 3 is 2.68 bits per heavy atom. The predicted octanol–water partition coefficient (Wildman–Crippen LogP) is 2.72. The second kappa shape index (κ2) is 6.52. The first-order chi connectivity index (χ1) is 12.3. The lowest BCUT2D eigenvalue weighted by Crippen LogP contribution is -2.23. The van der Waals surface area contributed by atoms with Gasteiger partial charge in [0, 0.05) is 30.7 Å². The van der Waals surface area contributed by atoms with Gasteiger partial charge in [-0.25, -0.2) is 0 Å². The van der Waals surface area contributed by atoms with Crippen LogP contribution in [0.4, 0.5) is 0 Å². The van der Waals surface area contributed by atoms with Crippen LogP contribution in [-0.2, 0) is 6.54 Å². The minimum atomic E-state index is -0.142. The summed E-state index contributed by atoms with van der Waals surface area (Å²) in [6, 6.07) is 17.1. The van der Waals surface area contributed by atoms with Gasteiger partial charge in [-0.2, -0.15) is 0 Å². The third-order valence-electron chi connectivity index (χ3n) is 3.88. The van der Waals surface area contributed by atoms with Crippen molar-refractivity contribution < 1.29 is 4.79 Å². The maximum Gasteiger partial charge on any atom is 0.253 e. The summed E-state index contributed by atoms with van der Waals surface area (Å²) in [5.41, 5.74) is 3.13. The summed E-state index contributed by atoms with van der Waals surface area (Å²) < 4.78 is 1.80. The summed E-state index contributed by atoms with van der Waals surface area (Å²) in [6.07, 6.45) is 5.17. The molecule has 3 aromatic heterocycles. The molecule has 4 aromatic rings. The maximum atomic E-state index is 12.5. The normalized spacial score (nSPS) is 10.7. The van der Waals surface area contributed by atoms with E-state index in [4.69, 9.17) is 0 Å². The molecule has 0 aliphatic heterocycles. The molecule has 122 valence electrons. The van der Waals surface area contributed by atoms with E-state index in [1.165, 1.54) is 0 Å². The van der Waals surface area contributed by atoms with Crippen LogP contribution in [0.2, 0.25) is 0 Å². The second-order valence-electron chi connectivity index (χ2n) is 5.58. The Bertz CT molecular complexity index is 1010. The van der Waals surface area contributed by atoms with Crippen LogP contribution in [-0.4, -0.2) is 25.5 Å². The van der Waals surface area contributed by atoms with Crippen molar-refractivity contribution in [3.63, 3.8) is 0 Å². The van der Waals surface area contributed by atoms with Crippen molar-refractivity contribution >= 4 is 11.6 Å². The molecule has 0 radical (unpaired) electrons. The van der Waals surface area contributed by atoms with Crippen LogP contribution in [0.15, 0.2) is 73.2 Å². The van der Waals surface area contributed by atoms with E-state index in [2.05, 4.69) is 20.5 Å². The Hall–Kier alpha value is -3.54. The zero-order valence-corrected chi connectivity index (χ0v) is 13.3. The third-order valence-corrected chi connectivity index (χ3v) is 3.88. The number of nitrogens with zero attached hydrogens (tertiary/aromatic N) is 4. The van der Waals surface area contributed by atoms with Crippen molar-refractivity contribution in [3.05, 3.63) is 84.3 Å². The molecule has 1 amide bonds. The highest BCUT2D eigenvalue weighted by Crippen LogP contribution is 2.17. The first-order valence-corrected chi connectivity index (χ1v) is 7.88. The highest BCUT2D eigenvalue weighted by Gasteiger charge is 2.11. The summed E-state index contributed by atoms with van der Waals surface area (Å²) in [6.45, 7) is 0.481. The van der Waals surface area contributed by atoms with E-state index in [0.29, 0.717) is 23.6 Å². The van der Waals surface area contributed by atoms with E-state index in [0.717, 1.165) is 11.1 Å². The van der Waals surface area contributed by atoms with Crippen molar-refractivity contribution in [2.24, 2.45) is 0 Å². The molecule has 4 rings (SSSR count). The largest absolute Gasteiger partial charge is 0.348 e. The average Bonchev–Trinajstić information content (AvgIpc) is 3.11. The minimum absolute atomic E-state index is 0.142.